The monoisotopic (exact) mass is 231 g/mol. The molecule has 0 fully saturated rings. The highest BCUT2D eigenvalue weighted by Gasteiger charge is 2.40. The van der Waals surface area contributed by atoms with Gasteiger partial charge in [0, 0.05) is 6.54 Å². The standard InChI is InChI=1S/C11H21NO2S/c1-10(2,3)8-7-12-15(13,14)9(8)11(4,5)6/h12H,7H2,1-6H3. The van der Waals surface area contributed by atoms with E-state index in [0.29, 0.717) is 11.4 Å². The van der Waals surface area contributed by atoms with Gasteiger partial charge in [-0.05, 0) is 16.4 Å². The van der Waals surface area contributed by atoms with Crippen molar-refractivity contribution in [1.82, 2.24) is 4.72 Å². The van der Waals surface area contributed by atoms with Crippen LogP contribution < -0.4 is 4.72 Å². The molecule has 88 valence electrons. The molecule has 1 rings (SSSR count). The van der Waals surface area contributed by atoms with E-state index in [1.165, 1.54) is 0 Å². The first-order chi connectivity index (χ1) is 6.46. The minimum absolute atomic E-state index is 0.0980. The molecule has 1 heterocycles. The Balaban J connectivity index is 3.45. The molecule has 0 radical (unpaired) electrons. The predicted molar refractivity (Wildman–Crippen MR) is 62.9 cm³/mol. The summed E-state index contributed by atoms with van der Waals surface area (Å²) in [6.45, 7) is 12.4. The second kappa shape index (κ2) is 3.32. The molecule has 0 unspecified atom stereocenters. The van der Waals surface area contributed by atoms with E-state index in [0.717, 1.165) is 5.57 Å². The average molecular weight is 231 g/mol. The fourth-order valence-electron chi connectivity index (χ4n) is 1.94. The quantitative estimate of drug-likeness (QED) is 0.695. The number of rotatable bonds is 0. The maximum Gasteiger partial charge on any atom is 0.237 e. The molecule has 0 aromatic carbocycles. The molecule has 0 aliphatic carbocycles. The maximum absolute atomic E-state index is 11.9. The van der Waals surface area contributed by atoms with Gasteiger partial charge < -0.3 is 0 Å². The first-order valence-corrected chi connectivity index (χ1v) is 6.68. The Bertz CT molecular complexity index is 391. The molecule has 0 bridgehead atoms. The Hall–Kier alpha value is -0.350. The van der Waals surface area contributed by atoms with E-state index in [4.69, 9.17) is 0 Å². The molecule has 3 nitrogen and oxygen atoms in total. The van der Waals surface area contributed by atoms with Gasteiger partial charge in [-0.25, -0.2) is 13.1 Å². The summed E-state index contributed by atoms with van der Waals surface area (Å²) in [6, 6.07) is 0. The molecule has 1 aliphatic rings. The minimum atomic E-state index is -3.25. The fraction of sp³-hybridized carbons (Fsp3) is 0.818. The Morgan fingerprint density at radius 3 is 1.73 bits per heavy atom. The zero-order valence-electron chi connectivity index (χ0n) is 10.4. The summed E-state index contributed by atoms with van der Waals surface area (Å²) in [7, 11) is -3.25. The van der Waals surface area contributed by atoms with E-state index in [1.54, 1.807) is 0 Å². The third-order valence-corrected chi connectivity index (χ3v) is 4.49. The molecule has 0 aromatic heterocycles. The lowest BCUT2D eigenvalue weighted by Gasteiger charge is -2.27. The van der Waals surface area contributed by atoms with Crippen LogP contribution >= 0.6 is 0 Å². The molecule has 0 amide bonds. The predicted octanol–water partition coefficient (Wildman–Crippen LogP) is 2.27. The zero-order valence-corrected chi connectivity index (χ0v) is 11.2. The van der Waals surface area contributed by atoms with Gasteiger partial charge in [-0.15, -0.1) is 0 Å². The van der Waals surface area contributed by atoms with Crippen LogP contribution in [0.15, 0.2) is 10.5 Å². The normalized spacial score (nSPS) is 22.3. The van der Waals surface area contributed by atoms with Crippen molar-refractivity contribution in [2.45, 2.75) is 41.5 Å². The van der Waals surface area contributed by atoms with E-state index in [-0.39, 0.29) is 10.8 Å². The molecule has 0 atom stereocenters. The second-order valence-electron chi connectivity index (χ2n) is 6.13. The molecule has 4 heteroatoms. The topological polar surface area (TPSA) is 46.2 Å². The maximum atomic E-state index is 11.9. The zero-order chi connectivity index (χ0) is 12.1. The molecular weight excluding hydrogens is 210 g/mol. The summed E-state index contributed by atoms with van der Waals surface area (Å²) < 4.78 is 26.4. The number of sulfonamides is 1. The first kappa shape index (κ1) is 12.7. The van der Waals surface area contributed by atoms with Crippen molar-refractivity contribution >= 4 is 10.0 Å². The van der Waals surface area contributed by atoms with Gasteiger partial charge in [-0.1, -0.05) is 41.5 Å². The Kier molecular flexibility index (Phi) is 2.81. The van der Waals surface area contributed by atoms with E-state index >= 15 is 0 Å². The third-order valence-electron chi connectivity index (χ3n) is 2.57. The van der Waals surface area contributed by atoms with Crippen LogP contribution in [0.1, 0.15) is 41.5 Å². The summed E-state index contributed by atoms with van der Waals surface area (Å²) in [4.78, 5) is 0.572. The van der Waals surface area contributed by atoms with E-state index in [1.807, 2.05) is 20.8 Å². The van der Waals surface area contributed by atoms with Gasteiger partial charge >= 0.3 is 0 Å². The van der Waals surface area contributed by atoms with Crippen LogP contribution in [-0.4, -0.2) is 15.0 Å². The summed E-state index contributed by atoms with van der Waals surface area (Å²) in [5.41, 5.74) is 0.583. The highest BCUT2D eigenvalue weighted by atomic mass is 32.2. The Morgan fingerprint density at radius 1 is 1.00 bits per heavy atom. The first-order valence-electron chi connectivity index (χ1n) is 5.20. The van der Waals surface area contributed by atoms with E-state index in [9.17, 15) is 8.42 Å². The van der Waals surface area contributed by atoms with Crippen LogP contribution in [0, 0.1) is 10.8 Å². The van der Waals surface area contributed by atoms with Gasteiger partial charge in [0.15, 0.2) is 0 Å². The third kappa shape index (κ3) is 2.42. The van der Waals surface area contributed by atoms with Gasteiger partial charge in [0.1, 0.15) is 0 Å². The molecule has 0 saturated carbocycles. The van der Waals surface area contributed by atoms with Crippen LogP contribution in [0.2, 0.25) is 0 Å². The number of hydrogen-bond donors (Lipinski definition) is 1. The second-order valence-corrected chi connectivity index (χ2v) is 7.84. The van der Waals surface area contributed by atoms with Crippen molar-refractivity contribution in [1.29, 1.82) is 0 Å². The van der Waals surface area contributed by atoms with Gasteiger partial charge in [0.2, 0.25) is 10.0 Å². The number of hydrogen-bond acceptors (Lipinski definition) is 2. The van der Waals surface area contributed by atoms with Crippen molar-refractivity contribution in [3.05, 3.63) is 10.5 Å². The highest BCUT2D eigenvalue weighted by Crippen LogP contribution is 2.41. The summed E-state index contributed by atoms with van der Waals surface area (Å²) in [5, 5.41) is 0. The molecule has 1 aliphatic heterocycles. The fourth-order valence-corrected chi connectivity index (χ4v) is 3.93. The number of nitrogens with one attached hydrogen (secondary N) is 1. The summed E-state index contributed by atoms with van der Waals surface area (Å²) in [6.07, 6.45) is 0. The lowest BCUT2D eigenvalue weighted by Crippen LogP contribution is -2.23. The van der Waals surface area contributed by atoms with Crippen LogP contribution in [0.25, 0.3) is 0 Å². The van der Waals surface area contributed by atoms with Crippen molar-refractivity contribution in [2.75, 3.05) is 6.54 Å². The van der Waals surface area contributed by atoms with Crippen molar-refractivity contribution in [3.63, 3.8) is 0 Å². The largest absolute Gasteiger partial charge is 0.237 e. The van der Waals surface area contributed by atoms with E-state index in [2.05, 4.69) is 25.5 Å². The van der Waals surface area contributed by atoms with Gasteiger partial charge in [-0.3, -0.25) is 0 Å². The van der Waals surface area contributed by atoms with Gasteiger partial charge in [0.25, 0.3) is 0 Å². The van der Waals surface area contributed by atoms with Crippen LogP contribution in [-0.2, 0) is 10.0 Å². The summed E-state index contributed by atoms with van der Waals surface area (Å²) in [5.74, 6) is 0. The molecule has 15 heavy (non-hydrogen) atoms. The van der Waals surface area contributed by atoms with Crippen molar-refractivity contribution in [2.24, 2.45) is 10.8 Å². The van der Waals surface area contributed by atoms with Crippen LogP contribution in [0.5, 0.6) is 0 Å². The minimum Gasteiger partial charge on any atom is -0.207 e. The van der Waals surface area contributed by atoms with E-state index < -0.39 is 10.0 Å². The lowest BCUT2D eigenvalue weighted by molar-refractivity contribution is 0.459. The molecular formula is C11H21NO2S. The molecule has 1 N–H and O–H groups in total. The molecule has 0 saturated heterocycles. The Labute approximate surface area is 93.0 Å². The smallest absolute Gasteiger partial charge is 0.207 e. The van der Waals surface area contributed by atoms with Gasteiger partial charge in [-0.2, -0.15) is 0 Å². The van der Waals surface area contributed by atoms with Crippen LogP contribution in [0.3, 0.4) is 0 Å². The Morgan fingerprint density at radius 2 is 1.47 bits per heavy atom. The van der Waals surface area contributed by atoms with Crippen molar-refractivity contribution < 1.29 is 8.42 Å². The van der Waals surface area contributed by atoms with Crippen LogP contribution in [0.4, 0.5) is 0 Å². The molecule has 0 spiro atoms. The summed E-state index contributed by atoms with van der Waals surface area (Å²) >= 11 is 0. The average Bonchev–Trinajstić information content (AvgIpc) is 2.21. The molecule has 0 aromatic rings. The lowest BCUT2D eigenvalue weighted by atomic mass is 9.81. The van der Waals surface area contributed by atoms with Crippen molar-refractivity contribution in [3.8, 4) is 0 Å². The highest BCUT2D eigenvalue weighted by molar-refractivity contribution is 7.93. The number of allylic oxidation sites excluding steroid dienone is 1. The van der Waals surface area contributed by atoms with Gasteiger partial charge in [0.05, 0.1) is 4.91 Å². The SMILES string of the molecule is CC(C)(C)C1=C(C(C)(C)C)S(=O)(=O)NC1.